The molecule has 0 saturated carbocycles. The first kappa shape index (κ1) is 12.1. The van der Waals surface area contributed by atoms with Crippen LogP contribution < -0.4 is 10.6 Å². The number of benzene rings is 2. The number of nitrogen functional groups attached to an aromatic ring is 1. The van der Waals surface area contributed by atoms with E-state index < -0.39 is 0 Å². The Kier molecular flexibility index (Phi) is 3.16. The summed E-state index contributed by atoms with van der Waals surface area (Å²) >= 11 is 0. The molecule has 3 rings (SSSR count). The second kappa shape index (κ2) is 4.96. The van der Waals surface area contributed by atoms with Gasteiger partial charge in [-0.1, -0.05) is 30.3 Å². The number of hydrogen-bond donors (Lipinski definition) is 1. The number of rotatable bonds is 1. The molecular formula is C17H20N2. The molecular weight excluding hydrogens is 232 g/mol. The summed E-state index contributed by atoms with van der Waals surface area (Å²) in [5, 5.41) is 0. The topological polar surface area (TPSA) is 29.3 Å². The average Bonchev–Trinajstić information content (AvgIpc) is 2.60. The first-order valence-electron chi connectivity index (χ1n) is 6.92. The number of nitrogens with zero attached hydrogens (tertiary/aromatic N) is 1. The number of anilines is 2. The van der Waals surface area contributed by atoms with Gasteiger partial charge in [-0.25, -0.2) is 0 Å². The zero-order valence-electron chi connectivity index (χ0n) is 11.4. The van der Waals surface area contributed by atoms with Crippen molar-refractivity contribution in [2.45, 2.75) is 26.3 Å². The molecule has 0 aromatic heterocycles. The minimum atomic E-state index is 0.888. The zero-order chi connectivity index (χ0) is 13.2. The highest BCUT2D eigenvalue weighted by Gasteiger charge is 2.15. The fourth-order valence-electron chi connectivity index (χ4n) is 2.87. The van der Waals surface area contributed by atoms with Gasteiger partial charge in [-0.2, -0.15) is 0 Å². The molecule has 0 unspecified atom stereocenters. The van der Waals surface area contributed by atoms with E-state index in [9.17, 15) is 0 Å². The minimum Gasteiger partial charge on any atom is -0.397 e. The van der Waals surface area contributed by atoms with Gasteiger partial charge >= 0.3 is 0 Å². The van der Waals surface area contributed by atoms with Crippen molar-refractivity contribution in [3.05, 3.63) is 59.2 Å². The predicted octanol–water partition coefficient (Wildman–Crippen LogP) is 3.53. The third kappa shape index (κ3) is 2.43. The molecule has 0 amide bonds. The molecule has 0 spiro atoms. The maximum atomic E-state index is 6.18. The number of nitrogens with two attached hydrogens (primary N) is 1. The lowest BCUT2D eigenvalue weighted by Gasteiger charge is -2.25. The summed E-state index contributed by atoms with van der Waals surface area (Å²) in [7, 11) is 0. The highest BCUT2D eigenvalue weighted by atomic mass is 15.1. The Morgan fingerprint density at radius 3 is 2.63 bits per heavy atom. The van der Waals surface area contributed by atoms with Gasteiger partial charge in [0.2, 0.25) is 0 Å². The fraction of sp³-hybridized carbons (Fsp3) is 0.294. The largest absolute Gasteiger partial charge is 0.397 e. The second-order valence-electron chi connectivity index (χ2n) is 5.36. The summed E-state index contributed by atoms with van der Waals surface area (Å²) in [5.74, 6) is 0. The van der Waals surface area contributed by atoms with Crippen molar-refractivity contribution in [1.29, 1.82) is 0 Å². The lowest BCUT2D eigenvalue weighted by molar-refractivity contribution is 0.767. The Morgan fingerprint density at radius 1 is 1.05 bits per heavy atom. The van der Waals surface area contributed by atoms with Crippen LogP contribution in [-0.4, -0.2) is 6.54 Å². The normalized spacial score (nSPS) is 14.9. The highest BCUT2D eigenvalue weighted by Crippen LogP contribution is 2.28. The maximum Gasteiger partial charge on any atom is 0.0603 e. The van der Waals surface area contributed by atoms with Crippen LogP contribution in [0.5, 0.6) is 0 Å². The fourth-order valence-corrected chi connectivity index (χ4v) is 2.87. The van der Waals surface area contributed by atoms with Crippen molar-refractivity contribution >= 4 is 11.4 Å². The summed E-state index contributed by atoms with van der Waals surface area (Å²) in [6, 6.07) is 15.1. The molecule has 2 N–H and O–H groups in total. The molecule has 2 nitrogen and oxygen atoms in total. The molecule has 1 heterocycles. The van der Waals surface area contributed by atoms with Crippen molar-refractivity contribution in [3.8, 4) is 0 Å². The van der Waals surface area contributed by atoms with E-state index in [1.807, 2.05) is 0 Å². The molecule has 0 bridgehead atoms. The van der Waals surface area contributed by atoms with E-state index in [2.05, 4.69) is 54.3 Å². The molecule has 0 saturated heterocycles. The lowest BCUT2D eigenvalue weighted by atomic mass is 10.0. The monoisotopic (exact) mass is 252 g/mol. The van der Waals surface area contributed by atoms with Crippen molar-refractivity contribution < 1.29 is 0 Å². The first-order chi connectivity index (χ1) is 9.24. The van der Waals surface area contributed by atoms with Gasteiger partial charge in [-0.3, -0.25) is 0 Å². The van der Waals surface area contributed by atoms with Crippen LogP contribution in [0.15, 0.2) is 42.5 Å². The molecule has 2 aromatic rings. The third-order valence-corrected chi connectivity index (χ3v) is 3.88. The first-order valence-corrected chi connectivity index (χ1v) is 6.92. The quantitative estimate of drug-likeness (QED) is 0.787. The predicted molar refractivity (Wildman–Crippen MR) is 81.4 cm³/mol. The third-order valence-electron chi connectivity index (χ3n) is 3.88. The van der Waals surface area contributed by atoms with Gasteiger partial charge in [0, 0.05) is 13.1 Å². The van der Waals surface area contributed by atoms with Crippen LogP contribution in [0.25, 0.3) is 0 Å². The Morgan fingerprint density at radius 2 is 1.84 bits per heavy atom. The number of fused-ring (bicyclic) bond motifs is 1. The van der Waals surface area contributed by atoms with Crippen LogP contribution in [0.2, 0.25) is 0 Å². The van der Waals surface area contributed by atoms with Crippen molar-refractivity contribution in [3.63, 3.8) is 0 Å². The van der Waals surface area contributed by atoms with Gasteiger partial charge in [0.15, 0.2) is 0 Å². The van der Waals surface area contributed by atoms with Gasteiger partial charge in [0.05, 0.1) is 11.4 Å². The number of hydrogen-bond acceptors (Lipinski definition) is 2. The Labute approximate surface area is 114 Å². The van der Waals surface area contributed by atoms with Crippen LogP contribution in [0.4, 0.5) is 11.4 Å². The van der Waals surface area contributed by atoms with Gasteiger partial charge in [0.1, 0.15) is 0 Å². The van der Waals surface area contributed by atoms with Crippen molar-refractivity contribution in [2.75, 3.05) is 17.2 Å². The van der Waals surface area contributed by atoms with Crippen molar-refractivity contribution in [1.82, 2.24) is 0 Å². The van der Waals surface area contributed by atoms with Gasteiger partial charge in [-0.15, -0.1) is 0 Å². The average molecular weight is 252 g/mol. The molecule has 1 aliphatic rings. The Balaban J connectivity index is 1.94. The van der Waals surface area contributed by atoms with E-state index in [0.717, 1.165) is 18.8 Å². The molecule has 2 aromatic carbocycles. The molecule has 0 atom stereocenters. The summed E-state index contributed by atoms with van der Waals surface area (Å²) in [6.07, 6.45) is 2.35. The van der Waals surface area contributed by atoms with Crippen LogP contribution in [0.3, 0.4) is 0 Å². The summed E-state index contributed by atoms with van der Waals surface area (Å²) < 4.78 is 0. The summed E-state index contributed by atoms with van der Waals surface area (Å²) in [4.78, 5) is 2.40. The Bertz CT molecular complexity index is 590. The van der Waals surface area contributed by atoms with E-state index in [0.29, 0.717) is 0 Å². The maximum absolute atomic E-state index is 6.18. The van der Waals surface area contributed by atoms with Crippen LogP contribution >= 0.6 is 0 Å². The smallest absolute Gasteiger partial charge is 0.0603 e. The van der Waals surface area contributed by atoms with Crippen LogP contribution in [0.1, 0.15) is 23.1 Å². The molecule has 0 aliphatic carbocycles. The van der Waals surface area contributed by atoms with E-state index in [1.54, 1.807) is 0 Å². The van der Waals surface area contributed by atoms with E-state index in [1.165, 1.54) is 35.2 Å². The summed E-state index contributed by atoms with van der Waals surface area (Å²) in [6.45, 7) is 4.11. The lowest BCUT2D eigenvalue weighted by Crippen LogP contribution is -2.23. The van der Waals surface area contributed by atoms with Crippen LogP contribution in [-0.2, 0) is 13.0 Å². The van der Waals surface area contributed by atoms with E-state index in [4.69, 9.17) is 5.73 Å². The van der Waals surface area contributed by atoms with Gasteiger partial charge in [0.25, 0.3) is 0 Å². The molecule has 0 fully saturated rings. The van der Waals surface area contributed by atoms with Crippen molar-refractivity contribution in [2.24, 2.45) is 0 Å². The molecule has 1 aliphatic heterocycles. The second-order valence-corrected chi connectivity index (χ2v) is 5.36. The van der Waals surface area contributed by atoms with Gasteiger partial charge in [-0.05, 0) is 48.6 Å². The number of aryl methyl sites for hydroxylation is 2. The molecule has 0 radical (unpaired) electrons. The molecule has 2 heteroatoms. The highest BCUT2D eigenvalue weighted by molar-refractivity contribution is 5.68. The van der Waals surface area contributed by atoms with Gasteiger partial charge < -0.3 is 10.6 Å². The van der Waals surface area contributed by atoms with E-state index in [-0.39, 0.29) is 0 Å². The zero-order valence-corrected chi connectivity index (χ0v) is 11.4. The summed E-state index contributed by atoms with van der Waals surface area (Å²) in [5.41, 5.74) is 12.4. The Hall–Kier alpha value is -1.96. The van der Waals surface area contributed by atoms with Crippen LogP contribution in [0, 0.1) is 6.92 Å². The SMILES string of the molecule is Cc1ccc(N2CCCc3ccccc3C2)c(N)c1. The van der Waals surface area contributed by atoms with E-state index >= 15 is 0 Å². The molecule has 19 heavy (non-hydrogen) atoms. The minimum absolute atomic E-state index is 0.888. The standard InChI is InChI=1S/C17H20N2/c1-13-8-9-17(16(18)11-13)19-10-4-7-14-5-2-3-6-15(14)12-19/h2-3,5-6,8-9,11H,4,7,10,12,18H2,1H3. The molecule has 98 valence electrons.